The highest BCUT2D eigenvalue weighted by molar-refractivity contribution is 5.81. The Morgan fingerprint density at radius 2 is 2.00 bits per heavy atom. The molecule has 5 heteroatoms. The fraction of sp³-hybridized carbons (Fsp3) is 0.529. The molecule has 1 aromatic rings. The number of carbonyl (C=O) groups is 2. The van der Waals surface area contributed by atoms with E-state index in [-0.39, 0.29) is 18.6 Å². The van der Waals surface area contributed by atoms with Crippen LogP contribution in [0.1, 0.15) is 50.3 Å². The zero-order chi connectivity index (χ0) is 16.2. The van der Waals surface area contributed by atoms with E-state index in [1.165, 1.54) is 11.1 Å². The van der Waals surface area contributed by atoms with Crippen molar-refractivity contribution in [2.24, 2.45) is 11.1 Å². The molecule has 22 heavy (non-hydrogen) atoms. The molecule has 0 fully saturated rings. The SMILES string of the molecule is CC(C)(CNC(=O)N[C@@H]1CCCCc2ccccc21)C(N)=O. The minimum Gasteiger partial charge on any atom is -0.369 e. The Hall–Kier alpha value is -2.04. The van der Waals surface area contributed by atoms with Crippen molar-refractivity contribution < 1.29 is 9.59 Å². The number of nitrogens with two attached hydrogens (primary N) is 1. The van der Waals surface area contributed by atoms with Crippen LogP contribution in [0.2, 0.25) is 0 Å². The lowest BCUT2D eigenvalue weighted by Gasteiger charge is -2.23. The molecule has 0 saturated heterocycles. The van der Waals surface area contributed by atoms with E-state index in [0.717, 1.165) is 25.7 Å². The van der Waals surface area contributed by atoms with E-state index in [2.05, 4.69) is 22.8 Å². The predicted octanol–water partition coefficient (Wildman–Crippen LogP) is 2.26. The average Bonchev–Trinajstić information content (AvgIpc) is 2.68. The summed E-state index contributed by atoms with van der Waals surface area (Å²) in [4.78, 5) is 23.4. The van der Waals surface area contributed by atoms with Crippen molar-refractivity contribution in [3.8, 4) is 0 Å². The maximum atomic E-state index is 12.1. The number of carbonyl (C=O) groups excluding carboxylic acids is 2. The van der Waals surface area contributed by atoms with E-state index in [4.69, 9.17) is 5.73 Å². The molecule has 0 unspecified atom stereocenters. The van der Waals surface area contributed by atoms with Crippen LogP contribution < -0.4 is 16.4 Å². The van der Waals surface area contributed by atoms with Crippen molar-refractivity contribution in [2.75, 3.05) is 6.54 Å². The largest absolute Gasteiger partial charge is 0.369 e. The molecule has 0 heterocycles. The number of rotatable bonds is 4. The fourth-order valence-electron chi connectivity index (χ4n) is 2.67. The number of amides is 3. The van der Waals surface area contributed by atoms with Gasteiger partial charge in [0.25, 0.3) is 0 Å². The first-order valence-corrected chi connectivity index (χ1v) is 7.82. The molecule has 0 spiro atoms. The van der Waals surface area contributed by atoms with Gasteiger partial charge in [-0.15, -0.1) is 0 Å². The molecule has 1 aliphatic carbocycles. The number of hydrogen-bond donors (Lipinski definition) is 3. The van der Waals surface area contributed by atoms with Crippen molar-refractivity contribution in [1.82, 2.24) is 10.6 Å². The second-order valence-electron chi connectivity index (χ2n) is 6.57. The maximum Gasteiger partial charge on any atom is 0.315 e. The summed E-state index contributed by atoms with van der Waals surface area (Å²) in [5, 5.41) is 5.78. The minimum atomic E-state index is -0.751. The summed E-state index contributed by atoms with van der Waals surface area (Å²) in [7, 11) is 0. The molecule has 120 valence electrons. The molecule has 0 aliphatic heterocycles. The van der Waals surface area contributed by atoms with Gasteiger partial charge in [0.1, 0.15) is 0 Å². The third-order valence-electron chi connectivity index (χ3n) is 4.28. The van der Waals surface area contributed by atoms with Gasteiger partial charge in [-0.2, -0.15) is 0 Å². The smallest absolute Gasteiger partial charge is 0.315 e. The second-order valence-corrected chi connectivity index (χ2v) is 6.57. The number of aryl methyl sites for hydroxylation is 1. The summed E-state index contributed by atoms with van der Waals surface area (Å²) in [6.45, 7) is 3.66. The molecule has 1 aliphatic rings. The van der Waals surface area contributed by atoms with Gasteiger partial charge in [-0.05, 0) is 44.2 Å². The van der Waals surface area contributed by atoms with Crippen molar-refractivity contribution in [3.63, 3.8) is 0 Å². The number of benzene rings is 1. The fourth-order valence-corrected chi connectivity index (χ4v) is 2.67. The lowest BCUT2D eigenvalue weighted by molar-refractivity contribution is -0.125. The Morgan fingerprint density at radius 1 is 1.27 bits per heavy atom. The zero-order valence-corrected chi connectivity index (χ0v) is 13.3. The minimum absolute atomic E-state index is 0.0235. The van der Waals surface area contributed by atoms with E-state index in [9.17, 15) is 9.59 Å². The monoisotopic (exact) mass is 303 g/mol. The van der Waals surface area contributed by atoms with Gasteiger partial charge in [0.2, 0.25) is 5.91 Å². The molecule has 1 aromatic carbocycles. The molecule has 1 atom stereocenters. The van der Waals surface area contributed by atoms with Crippen LogP contribution in [0.5, 0.6) is 0 Å². The standard InChI is InChI=1S/C17H25N3O2/c1-17(2,15(18)21)11-19-16(22)20-14-10-6-4-8-12-7-3-5-9-13(12)14/h3,5,7,9,14H,4,6,8,10-11H2,1-2H3,(H2,18,21)(H2,19,20,22)/t14-/m1/s1. The molecule has 2 rings (SSSR count). The van der Waals surface area contributed by atoms with E-state index >= 15 is 0 Å². The van der Waals surface area contributed by atoms with Crippen molar-refractivity contribution in [3.05, 3.63) is 35.4 Å². The summed E-state index contributed by atoms with van der Waals surface area (Å²) in [6, 6.07) is 8.03. The normalized spacial score (nSPS) is 18.0. The van der Waals surface area contributed by atoms with Gasteiger partial charge in [-0.3, -0.25) is 4.79 Å². The van der Waals surface area contributed by atoms with Crippen LogP contribution in [0.15, 0.2) is 24.3 Å². The lowest BCUT2D eigenvalue weighted by Crippen LogP contribution is -2.46. The molecule has 5 nitrogen and oxygen atoms in total. The first-order valence-electron chi connectivity index (χ1n) is 7.82. The predicted molar refractivity (Wildman–Crippen MR) is 86.2 cm³/mol. The van der Waals surface area contributed by atoms with Crippen LogP contribution in [0.3, 0.4) is 0 Å². The van der Waals surface area contributed by atoms with Crippen LogP contribution in [-0.4, -0.2) is 18.5 Å². The van der Waals surface area contributed by atoms with Gasteiger partial charge in [-0.25, -0.2) is 4.79 Å². The van der Waals surface area contributed by atoms with E-state index in [0.29, 0.717) is 0 Å². The lowest BCUT2D eigenvalue weighted by atomic mass is 9.93. The molecule has 0 bridgehead atoms. The van der Waals surface area contributed by atoms with Gasteiger partial charge in [0.15, 0.2) is 0 Å². The van der Waals surface area contributed by atoms with Gasteiger partial charge in [0, 0.05) is 6.54 Å². The Labute approximate surface area is 131 Å². The highest BCUT2D eigenvalue weighted by atomic mass is 16.2. The van der Waals surface area contributed by atoms with Crippen LogP contribution in [0.4, 0.5) is 4.79 Å². The first kappa shape index (κ1) is 16.3. The summed E-state index contributed by atoms with van der Waals surface area (Å²) < 4.78 is 0. The molecule has 4 N–H and O–H groups in total. The highest BCUT2D eigenvalue weighted by Crippen LogP contribution is 2.28. The van der Waals surface area contributed by atoms with Gasteiger partial charge in [0.05, 0.1) is 11.5 Å². The molecular formula is C17H25N3O2. The average molecular weight is 303 g/mol. The van der Waals surface area contributed by atoms with Crippen molar-refractivity contribution in [2.45, 2.75) is 45.6 Å². The number of hydrogen-bond acceptors (Lipinski definition) is 2. The Balaban J connectivity index is 1.98. The van der Waals surface area contributed by atoms with Crippen molar-refractivity contribution >= 4 is 11.9 Å². The first-order chi connectivity index (χ1) is 10.4. The van der Waals surface area contributed by atoms with E-state index in [1.54, 1.807) is 13.8 Å². The molecular weight excluding hydrogens is 278 g/mol. The van der Waals surface area contributed by atoms with Crippen LogP contribution in [0, 0.1) is 5.41 Å². The molecule has 0 radical (unpaired) electrons. The highest BCUT2D eigenvalue weighted by Gasteiger charge is 2.26. The summed E-state index contributed by atoms with van der Waals surface area (Å²) in [5.74, 6) is -0.424. The summed E-state index contributed by atoms with van der Waals surface area (Å²) >= 11 is 0. The Kier molecular flexibility index (Phi) is 5.06. The third-order valence-corrected chi connectivity index (χ3v) is 4.28. The van der Waals surface area contributed by atoms with Crippen LogP contribution in [-0.2, 0) is 11.2 Å². The number of nitrogens with one attached hydrogen (secondary N) is 2. The third kappa shape index (κ3) is 4.00. The van der Waals surface area contributed by atoms with Gasteiger partial charge in [-0.1, -0.05) is 30.7 Å². The molecule has 0 aromatic heterocycles. The maximum absolute atomic E-state index is 12.1. The topological polar surface area (TPSA) is 84.2 Å². The van der Waals surface area contributed by atoms with Gasteiger partial charge < -0.3 is 16.4 Å². The quantitative estimate of drug-likeness (QED) is 0.745. The number of primary amides is 1. The summed E-state index contributed by atoms with van der Waals surface area (Å²) in [6.07, 6.45) is 4.23. The van der Waals surface area contributed by atoms with Crippen LogP contribution >= 0.6 is 0 Å². The summed E-state index contributed by atoms with van der Waals surface area (Å²) in [5.41, 5.74) is 7.07. The van der Waals surface area contributed by atoms with E-state index in [1.807, 2.05) is 12.1 Å². The number of fused-ring (bicyclic) bond motifs is 1. The zero-order valence-electron chi connectivity index (χ0n) is 13.3. The van der Waals surface area contributed by atoms with Crippen molar-refractivity contribution in [1.29, 1.82) is 0 Å². The Bertz CT molecular complexity index is 555. The Morgan fingerprint density at radius 3 is 2.73 bits per heavy atom. The molecule has 3 amide bonds. The van der Waals surface area contributed by atoms with Crippen LogP contribution in [0.25, 0.3) is 0 Å². The molecule has 0 saturated carbocycles. The second kappa shape index (κ2) is 6.81. The number of urea groups is 1. The van der Waals surface area contributed by atoms with Gasteiger partial charge >= 0.3 is 6.03 Å². The van der Waals surface area contributed by atoms with E-state index < -0.39 is 11.3 Å².